The van der Waals surface area contributed by atoms with Crippen LogP contribution < -0.4 is 5.73 Å². The largest absolute Gasteiger partial charge is 0.380 e. The monoisotopic (exact) mass is 190 g/mol. The predicted molar refractivity (Wildman–Crippen MR) is 53.9 cm³/mol. The molecule has 4 heteroatoms. The molecule has 0 aliphatic rings. The van der Waals surface area contributed by atoms with Crippen LogP contribution in [0.1, 0.15) is 6.92 Å². The molecular formula is C9H22N2O2. The summed E-state index contributed by atoms with van der Waals surface area (Å²) in [5.74, 6) is 0. The zero-order valence-electron chi connectivity index (χ0n) is 8.79. The molecule has 0 rings (SSSR count). The van der Waals surface area contributed by atoms with Crippen LogP contribution in [0.4, 0.5) is 0 Å². The number of ether oxygens (including phenoxy) is 2. The first-order valence-electron chi connectivity index (χ1n) is 4.85. The molecule has 0 aromatic carbocycles. The smallest absolute Gasteiger partial charge is 0.0593 e. The van der Waals surface area contributed by atoms with Crippen molar-refractivity contribution in [3.05, 3.63) is 0 Å². The van der Waals surface area contributed by atoms with E-state index in [4.69, 9.17) is 15.2 Å². The molecule has 0 atom stereocenters. The third-order valence-electron chi connectivity index (χ3n) is 1.70. The SMILES string of the molecule is CCOCCN(C)CCOCCN. The van der Waals surface area contributed by atoms with Gasteiger partial charge in [-0.1, -0.05) is 0 Å². The van der Waals surface area contributed by atoms with Gasteiger partial charge in [0.1, 0.15) is 0 Å². The van der Waals surface area contributed by atoms with Gasteiger partial charge in [0.05, 0.1) is 19.8 Å². The summed E-state index contributed by atoms with van der Waals surface area (Å²) in [6.07, 6.45) is 0. The molecule has 80 valence electrons. The number of hydrogen-bond donors (Lipinski definition) is 1. The van der Waals surface area contributed by atoms with Gasteiger partial charge in [-0.2, -0.15) is 0 Å². The van der Waals surface area contributed by atoms with Gasteiger partial charge in [-0.25, -0.2) is 0 Å². The third kappa shape index (κ3) is 9.76. The van der Waals surface area contributed by atoms with Crippen molar-refractivity contribution in [3.63, 3.8) is 0 Å². The quantitative estimate of drug-likeness (QED) is 0.517. The summed E-state index contributed by atoms with van der Waals surface area (Å²) < 4.78 is 10.5. The van der Waals surface area contributed by atoms with Crippen LogP contribution in [-0.2, 0) is 9.47 Å². The number of likely N-dealkylation sites (N-methyl/N-ethyl adjacent to an activating group) is 1. The maximum absolute atomic E-state index is 5.29. The van der Waals surface area contributed by atoms with E-state index in [1.165, 1.54) is 0 Å². The molecule has 4 nitrogen and oxygen atoms in total. The second kappa shape index (κ2) is 9.92. The Balaban J connectivity index is 3.05. The summed E-state index contributed by atoms with van der Waals surface area (Å²) in [6, 6.07) is 0. The summed E-state index contributed by atoms with van der Waals surface area (Å²) >= 11 is 0. The van der Waals surface area contributed by atoms with Crippen molar-refractivity contribution in [2.45, 2.75) is 6.92 Å². The molecule has 0 unspecified atom stereocenters. The minimum absolute atomic E-state index is 0.600. The molecule has 0 aliphatic heterocycles. The Kier molecular flexibility index (Phi) is 9.80. The van der Waals surface area contributed by atoms with Gasteiger partial charge in [-0.15, -0.1) is 0 Å². The molecule has 0 spiro atoms. The minimum Gasteiger partial charge on any atom is -0.380 e. The van der Waals surface area contributed by atoms with Gasteiger partial charge in [0.25, 0.3) is 0 Å². The molecule has 0 aromatic rings. The van der Waals surface area contributed by atoms with Gasteiger partial charge in [0, 0.05) is 26.2 Å². The van der Waals surface area contributed by atoms with Gasteiger partial charge < -0.3 is 20.1 Å². The number of nitrogens with zero attached hydrogens (tertiary/aromatic N) is 1. The Morgan fingerprint density at radius 1 is 1.08 bits per heavy atom. The zero-order valence-corrected chi connectivity index (χ0v) is 8.79. The molecule has 0 saturated heterocycles. The van der Waals surface area contributed by atoms with Crippen LogP contribution in [0.3, 0.4) is 0 Å². The van der Waals surface area contributed by atoms with E-state index >= 15 is 0 Å². The lowest BCUT2D eigenvalue weighted by atomic mass is 10.5. The number of nitrogens with two attached hydrogens (primary N) is 1. The fraction of sp³-hybridized carbons (Fsp3) is 1.00. The minimum atomic E-state index is 0.600. The van der Waals surface area contributed by atoms with Crippen molar-refractivity contribution in [2.24, 2.45) is 5.73 Å². The van der Waals surface area contributed by atoms with Gasteiger partial charge in [0.2, 0.25) is 0 Å². The summed E-state index contributed by atoms with van der Waals surface area (Å²) in [6.45, 7) is 7.49. The molecule has 13 heavy (non-hydrogen) atoms. The van der Waals surface area contributed by atoms with E-state index in [1.807, 2.05) is 6.92 Å². The molecule has 0 amide bonds. The van der Waals surface area contributed by atoms with Gasteiger partial charge in [-0.05, 0) is 14.0 Å². The van der Waals surface area contributed by atoms with Crippen molar-refractivity contribution in [1.82, 2.24) is 4.90 Å². The lowest BCUT2D eigenvalue weighted by Crippen LogP contribution is -2.27. The normalized spacial score (nSPS) is 11.1. The average molecular weight is 190 g/mol. The van der Waals surface area contributed by atoms with Crippen LogP contribution in [0, 0.1) is 0 Å². The maximum Gasteiger partial charge on any atom is 0.0593 e. The number of rotatable bonds is 9. The molecule has 2 N–H and O–H groups in total. The lowest BCUT2D eigenvalue weighted by molar-refractivity contribution is 0.0914. The van der Waals surface area contributed by atoms with E-state index in [1.54, 1.807) is 0 Å². The topological polar surface area (TPSA) is 47.7 Å². The fourth-order valence-electron chi connectivity index (χ4n) is 0.882. The molecule has 0 heterocycles. The molecule has 0 aromatic heterocycles. The van der Waals surface area contributed by atoms with E-state index in [2.05, 4.69) is 11.9 Å². The molecular weight excluding hydrogens is 168 g/mol. The van der Waals surface area contributed by atoms with E-state index in [9.17, 15) is 0 Å². The first-order chi connectivity index (χ1) is 6.31. The number of hydrogen-bond acceptors (Lipinski definition) is 4. The summed E-state index contributed by atoms with van der Waals surface area (Å²) in [4.78, 5) is 2.19. The Bertz CT molecular complexity index is 102. The van der Waals surface area contributed by atoms with Crippen molar-refractivity contribution >= 4 is 0 Å². The third-order valence-corrected chi connectivity index (χ3v) is 1.70. The molecule has 0 saturated carbocycles. The highest BCUT2D eigenvalue weighted by Crippen LogP contribution is 1.84. The Labute approximate surface area is 81.0 Å². The van der Waals surface area contributed by atoms with Crippen LogP contribution >= 0.6 is 0 Å². The van der Waals surface area contributed by atoms with Crippen molar-refractivity contribution in [1.29, 1.82) is 0 Å². The molecule has 0 aliphatic carbocycles. The van der Waals surface area contributed by atoms with Crippen LogP contribution in [0.25, 0.3) is 0 Å². The van der Waals surface area contributed by atoms with Gasteiger partial charge in [-0.3, -0.25) is 0 Å². The van der Waals surface area contributed by atoms with E-state index < -0.39 is 0 Å². The maximum atomic E-state index is 5.29. The second-order valence-electron chi connectivity index (χ2n) is 2.90. The summed E-state index contributed by atoms with van der Waals surface area (Å²) in [5.41, 5.74) is 5.29. The highest BCUT2D eigenvalue weighted by atomic mass is 16.5. The van der Waals surface area contributed by atoms with Gasteiger partial charge in [0.15, 0.2) is 0 Å². The van der Waals surface area contributed by atoms with E-state index in [0.717, 1.165) is 32.9 Å². The van der Waals surface area contributed by atoms with Crippen LogP contribution in [0.15, 0.2) is 0 Å². The van der Waals surface area contributed by atoms with Crippen molar-refractivity contribution < 1.29 is 9.47 Å². The zero-order chi connectivity index (χ0) is 9.94. The summed E-state index contributed by atoms with van der Waals surface area (Å²) in [7, 11) is 2.06. The van der Waals surface area contributed by atoms with Crippen LogP contribution in [0.5, 0.6) is 0 Å². The predicted octanol–water partition coefficient (Wildman–Crippen LogP) is -0.0700. The highest BCUT2D eigenvalue weighted by Gasteiger charge is 1.96. The molecule has 0 bridgehead atoms. The lowest BCUT2D eigenvalue weighted by Gasteiger charge is -2.15. The Morgan fingerprint density at radius 2 is 1.69 bits per heavy atom. The van der Waals surface area contributed by atoms with Gasteiger partial charge >= 0.3 is 0 Å². The summed E-state index contributed by atoms with van der Waals surface area (Å²) in [5, 5.41) is 0. The Hall–Kier alpha value is -0.160. The first kappa shape index (κ1) is 12.8. The fourth-order valence-corrected chi connectivity index (χ4v) is 0.882. The molecule has 0 fully saturated rings. The van der Waals surface area contributed by atoms with E-state index in [0.29, 0.717) is 13.2 Å². The molecule has 0 radical (unpaired) electrons. The highest BCUT2D eigenvalue weighted by molar-refractivity contribution is 4.49. The van der Waals surface area contributed by atoms with Crippen LogP contribution in [0.2, 0.25) is 0 Å². The van der Waals surface area contributed by atoms with E-state index in [-0.39, 0.29) is 0 Å². The van der Waals surface area contributed by atoms with Crippen molar-refractivity contribution in [3.8, 4) is 0 Å². The standard InChI is InChI=1S/C9H22N2O2/c1-3-12-8-5-11(2)6-9-13-7-4-10/h3-10H2,1-2H3. The second-order valence-corrected chi connectivity index (χ2v) is 2.90. The first-order valence-corrected chi connectivity index (χ1v) is 4.85. The average Bonchev–Trinajstić information content (AvgIpc) is 2.13. The van der Waals surface area contributed by atoms with Crippen molar-refractivity contribution in [2.75, 3.05) is 53.1 Å². The Morgan fingerprint density at radius 3 is 2.23 bits per heavy atom. The van der Waals surface area contributed by atoms with Crippen LogP contribution in [-0.4, -0.2) is 58.0 Å².